The van der Waals surface area contributed by atoms with Crippen LogP contribution in [0.25, 0.3) is 11.0 Å². The first-order valence-corrected chi connectivity index (χ1v) is 10.6. The Labute approximate surface area is 180 Å². The van der Waals surface area contributed by atoms with Crippen LogP contribution in [0.3, 0.4) is 0 Å². The van der Waals surface area contributed by atoms with E-state index < -0.39 is 6.04 Å². The van der Waals surface area contributed by atoms with Gasteiger partial charge in [0.1, 0.15) is 17.4 Å². The average molecular weight is 422 g/mol. The molecule has 1 unspecified atom stereocenters. The van der Waals surface area contributed by atoms with Crippen LogP contribution < -0.4 is 10.6 Å². The lowest BCUT2D eigenvalue weighted by Crippen LogP contribution is -2.49. The zero-order valence-corrected chi connectivity index (χ0v) is 17.6. The number of anilines is 1. The number of aliphatic imine (C=N–C) groups is 1. The Kier molecular flexibility index (Phi) is 6.07. The second-order valence-corrected chi connectivity index (χ2v) is 7.95. The van der Waals surface area contributed by atoms with Crippen molar-refractivity contribution in [3.05, 3.63) is 30.0 Å². The van der Waals surface area contributed by atoms with Crippen molar-refractivity contribution in [2.75, 3.05) is 31.5 Å². The summed E-state index contributed by atoms with van der Waals surface area (Å²) in [5.74, 6) is 0.826. The Morgan fingerprint density at radius 2 is 2.06 bits per heavy atom. The van der Waals surface area contributed by atoms with E-state index in [0.29, 0.717) is 13.0 Å². The number of benzene rings is 1. The van der Waals surface area contributed by atoms with Crippen LogP contribution in [-0.4, -0.2) is 59.8 Å². The average Bonchev–Trinajstić information content (AvgIpc) is 3.40. The molecule has 3 heterocycles. The first-order valence-electron chi connectivity index (χ1n) is 10.6. The molecule has 4 rings (SSSR count). The molecule has 2 aliphatic heterocycles. The molecule has 2 aliphatic rings. The largest absolute Gasteiger partial charge is 0.461 e. The van der Waals surface area contributed by atoms with Crippen molar-refractivity contribution in [1.29, 1.82) is 5.26 Å². The van der Waals surface area contributed by atoms with Gasteiger partial charge in [0, 0.05) is 30.7 Å². The van der Waals surface area contributed by atoms with Crippen molar-refractivity contribution in [2.24, 2.45) is 4.99 Å². The van der Waals surface area contributed by atoms with E-state index in [1.807, 2.05) is 42.3 Å². The molecular formula is C22H26N6O3. The minimum absolute atomic E-state index is 0.00677. The van der Waals surface area contributed by atoms with Crippen LogP contribution in [0.15, 0.2) is 33.7 Å². The lowest BCUT2D eigenvalue weighted by atomic mass is 10.1. The van der Waals surface area contributed by atoms with Gasteiger partial charge in [0.25, 0.3) is 0 Å². The number of hydrogen-bond donors (Lipinski definition) is 2. The molecule has 1 atom stereocenters. The van der Waals surface area contributed by atoms with Gasteiger partial charge in [-0.25, -0.2) is 4.99 Å². The minimum Gasteiger partial charge on any atom is -0.461 e. The number of carbonyl (C=O) groups excluding carboxylic acids is 2. The first kappa shape index (κ1) is 20.7. The van der Waals surface area contributed by atoms with E-state index in [9.17, 15) is 9.59 Å². The highest BCUT2D eigenvalue weighted by molar-refractivity contribution is 5.98. The summed E-state index contributed by atoms with van der Waals surface area (Å²) in [5.41, 5.74) is 1.50. The van der Waals surface area contributed by atoms with Gasteiger partial charge in [-0.1, -0.05) is 0 Å². The van der Waals surface area contributed by atoms with Crippen molar-refractivity contribution in [3.63, 3.8) is 0 Å². The van der Waals surface area contributed by atoms with E-state index in [1.165, 1.54) is 0 Å². The zero-order valence-electron chi connectivity index (χ0n) is 17.6. The fourth-order valence-corrected chi connectivity index (χ4v) is 4.12. The number of fused-ring (bicyclic) bond motifs is 1. The number of rotatable bonds is 4. The van der Waals surface area contributed by atoms with Crippen LogP contribution in [0.4, 0.5) is 5.69 Å². The lowest BCUT2D eigenvalue weighted by Gasteiger charge is -2.31. The predicted molar refractivity (Wildman–Crippen MR) is 116 cm³/mol. The number of guanidine groups is 1. The molecule has 1 aromatic heterocycles. The van der Waals surface area contributed by atoms with Crippen molar-refractivity contribution in [2.45, 2.75) is 38.6 Å². The molecule has 9 nitrogen and oxygen atoms in total. The number of likely N-dealkylation sites (tertiary alicyclic amines) is 2. The van der Waals surface area contributed by atoms with Crippen molar-refractivity contribution in [3.8, 4) is 6.19 Å². The molecule has 2 N–H and O–H groups in total. The minimum atomic E-state index is -0.636. The van der Waals surface area contributed by atoms with Crippen molar-refractivity contribution < 1.29 is 14.0 Å². The van der Waals surface area contributed by atoms with Crippen LogP contribution in [0.5, 0.6) is 0 Å². The van der Waals surface area contributed by atoms with Gasteiger partial charge in [-0.3, -0.25) is 14.9 Å². The number of carbonyl (C=O) groups is 2. The van der Waals surface area contributed by atoms with Crippen LogP contribution in [0, 0.1) is 18.4 Å². The molecule has 2 saturated heterocycles. The monoisotopic (exact) mass is 422 g/mol. The second kappa shape index (κ2) is 9.08. The van der Waals surface area contributed by atoms with E-state index in [1.54, 1.807) is 4.90 Å². The van der Waals surface area contributed by atoms with E-state index >= 15 is 0 Å². The maximum Gasteiger partial charge on any atom is 0.247 e. The topological polar surface area (TPSA) is 114 Å². The lowest BCUT2D eigenvalue weighted by molar-refractivity contribution is -0.142. The molecule has 0 spiro atoms. The van der Waals surface area contributed by atoms with Gasteiger partial charge < -0.3 is 19.5 Å². The molecule has 2 amide bonds. The Morgan fingerprint density at radius 1 is 1.26 bits per heavy atom. The Balaban J connectivity index is 1.46. The molecule has 0 aliphatic carbocycles. The molecule has 31 heavy (non-hydrogen) atoms. The smallest absolute Gasteiger partial charge is 0.247 e. The van der Waals surface area contributed by atoms with Gasteiger partial charge in [-0.2, -0.15) is 5.26 Å². The first-order chi connectivity index (χ1) is 15.0. The fraction of sp³-hybridized carbons (Fsp3) is 0.455. The van der Waals surface area contributed by atoms with Crippen LogP contribution >= 0.6 is 0 Å². The van der Waals surface area contributed by atoms with Crippen LogP contribution in [0.1, 0.15) is 31.4 Å². The normalized spacial score (nSPS) is 19.5. The van der Waals surface area contributed by atoms with Gasteiger partial charge in [-0.15, -0.1) is 0 Å². The number of nitriles is 1. The van der Waals surface area contributed by atoms with Gasteiger partial charge in [0.2, 0.25) is 17.8 Å². The number of piperidine rings is 1. The van der Waals surface area contributed by atoms with Crippen molar-refractivity contribution in [1.82, 2.24) is 15.1 Å². The van der Waals surface area contributed by atoms with Crippen molar-refractivity contribution >= 4 is 34.4 Å². The SMILES string of the molecule is Cc1cc2cc(NC(=NC3CCCN(CC(=O)N4CCCC4)C3=O)NC#N)ccc2o1. The zero-order chi connectivity index (χ0) is 21.8. The number of amides is 2. The van der Waals surface area contributed by atoms with Gasteiger partial charge in [0.15, 0.2) is 6.19 Å². The molecule has 0 saturated carbocycles. The Bertz CT molecular complexity index is 1050. The number of nitrogens with zero attached hydrogens (tertiary/aromatic N) is 4. The van der Waals surface area contributed by atoms with E-state index in [-0.39, 0.29) is 24.3 Å². The third kappa shape index (κ3) is 4.79. The molecule has 0 bridgehead atoms. The summed E-state index contributed by atoms with van der Waals surface area (Å²) in [4.78, 5) is 33.3. The summed E-state index contributed by atoms with van der Waals surface area (Å²) < 4.78 is 5.58. The summed E-state index contributed by atoms with van der Waals surface area (Å²) in [6.07, 6.45) is 5.24. The molecule has 0 radical (unpaired) electrons. The second-order valence-electron chi connectivity index (χ2n) is 7.95. The van der Waals surface area contributed by atoms with Gasteiger partial charge in [-0.05, 0) is 56.9 Å². The molecule has 2 aromatic rings. The summed E-state index contributed by atoms with van der Waals surface area (Å²) in [6, 6.07) is 6.85. The Morgan fingerprint density at radius 3 is 2.84 bits per heavy atom. The summed E-state index contributed by atoms with van der Waals surface area (Å²) in [7, 11) is 0. The van der Waals surface area contributed by atoms with Crippen LogP contribution in [-0.2, 0) is 9.59 Å². The molecule has 1 aromatic carbocycles. The van der Waals surface area contributed by atoms with Gasteiger partial charge in [0.05, 0.1) is 6.54 Å². The Hall–Kier alpha value is -3.54. The maximum absolute atomic E-state index is 12.9. The van der Waals surface area contributed by atoms with E-state index in [2.05, 4.69) is 15.6 Å². The molecular weight excluding hydrogens is 396 g/mol. The highest BCUT2D eigenvalue weighted by Gasteiger charge is 2.31. The predicted octanol–water partition coefficient (Wildman–Crippen LogP) is 2.19. The molecule has 162 valence electrons. The van der Waals surface area contributed by atoms with E-state index in [4.69, 9.17) is 9.68 Å². The third-order valence-electron chi connectivity index (χ3n) is 5.65. The highest BCUT2D eigenvalue weighted by Crippen LogP contribution is 2.23. The number of furan rings is 1. The highest BCUT2D eigenvalue weighted by atomic mass is 16.3. The van der Waals surface area contributed by atoms with E-state index in [0.717, 1.165) is 54.8 Å². The summed E-state index contributed by atoms with van der Waals surface area (Å²) in [6.45, 7) is 4.06. The quantitative estimate of drug-likeness (QED) is 0.338. The standard InChI is InChI=1S/C22H26N6O3/c1-15-11-16-12-17(6-7-19(16)31-15)25-22(24-14-23)26-18-5-4-10-28(21(18)30)13-20(29)27-8-2-3-9-27/h6-7,11-12,18H,2-5,8-10,13H2,1H3,(H2,24,25,26). The third-order valence-corrected chi connectivity index (χ3v) is 5.65. The number of aryl methyl sites for hydroxylation is 1. The molecule has 2 fully saturated rings. The fourth-order valence-electron chi connectivity index (χ4n) is 4.12. The number of hydrogen-bond acceptors (Lipinski definition) is 5. The summed E-state index contributed by atoms with van der Waals surface area (Å²) >= 11 is 0. The van der Waals surface area contributed by atoms with Crippen LogP contribution in [0.2, 0.25) is 0 Å². The molecule has 9 heteroatoms. The summed E-state index contributed by atoms with van der Waals surface area (Å²) in [5, 5.41) is 15.7. The van der Waals surface area contributed by atoms with Gasteiger partial charge >= 0.3 is 0 Å². The maximum atomic E-state index is 12.9. The number of nitrogens with one attached hydrogen (secondary N) is 2.